The number of aryl methyl sites for hydroxylation is 6. The van der Waals surface area contributed by atoms with Crippen LogP contribution in [0.5, 0.6) is 23.0 Å². The zero-order valence-electron chi connectivity index (χ0n) is 37.7. The van der Waals surface area contributed by atoms with Gasteiger partial charge in [0.05, 0.1) is 14.2 Å². The van der Waals surface area contributed by atoms with Gasteiger partial charge in [0.1, 0.15) is 28.6 Å². The molecule has 4 rings (SSSR count). The smallest absolute Gasteiger partial charge is 0.350 e. The van der Waals surface area contributed by atoms with Crippen molar-refractivity contribution in [3.05, 3.63) is 128 Å². The van der Waals surface area contributed by atoms with E-state index in [1.54, 1.807) is 76.6 Å². The van der Waals surface area contributed by atoms with Crippen LogP contribution in [0.2, 0.25) is 0 Å². The number of hydrogen-bond donors (Lipinski definition) is 1. The van der Waals surface area contributed by atoms with Crippen molar-refractivity contribution in [3.63, 3.8) is 0 Å². The van der Waals surface area contributed by atoms with Gasteiger partial charge < -0.3 is 28.8 Å². The second-order valence-corrected chi connectivity index (χ2v) is 16.8. The molecule has 4 aromatic rings. The molecule has 0 saturated heterocycles. The number of aliphatic carboxylic acids is 1. The fraction of sp³-hybridized carbons (Fsp3) is 0.360. The first-order valence-corrected chi connectivity index (χ1v) is 19.6. The SMILES string of the molecule is COc1ccc(C(=O)/C=C/c2cc(C)c(OC(C)(C)C(=O)O)c(C)c2)cc1C.COc1ccc(C(=O)/C=C/c2cc(C)c(OC(C)(C)C(=O)OC(C)(C)C)c(C)c2)cc1C. The van der Waals surface area contributed by atoms with Crippen molar-refractivity contribution in [1.82, 2.24) is 0 Å². The standard InChI is InChI=1S/C27H34O5.C23H26O5/c1-17-16-21(11-13-23(17)30-9)22(28)12-10-20-14-18(2)24(19(3)15-20)31-27(7,8)25(29)32-26(4,5)6;1-14-13-18(8-10-20(14)27-6)19(24)9-7-17-11-15(2)21(16(3)12-17)28-23(4,5)22(25)26/h10-16H,1-9H3;7-13H,1-6H3,(H,25,26)/b12-10+;9-7+. The summed E-state index contributed by atoms with van der Waals surface area (Å²) in [7, 11) is 3.20. The number of methoxy groups -OCH3 is 2. The van der Waals surface area contributed by atoms with Gasteiger partial charge in [-0.15, -0.1) is 0 Å². The van der Waals surface area contributed by atoms with Gasteiger partial charge in [0, 0.05) is 11.1 Å². The van der Waals surface area contributed by atoms with E-state index in [1.807, 2.05) is 92.6 Å². The minimum absolute atomic E-state index is 0.0857. The van der Waals surface area contributed by atoms with E-state index >= 15 is 0 Å². The van der Waals surface area contributed by atoms with E-state index in [0.29, 0.717) is 22.6 Å². The molecule has 320 valence electrons. The largest absolute Gasteiger partial charge is 0.496 e. The first-order valence-electron chi connectivity index (χ1n) is 19.6. The van der Waals surface area contributed by atoms with Gasteiger partial charge in [-0.1, -0.05) is 12.2 Å². The van der Waals surface area contributed by atoms with E-state index < -0.39 is 28.7 Å². The number of ketones is 2. The molecule has 0 aliphatic carbocycles. The predicted molar refractivity (Wildman–Crippen MR) is 237 cm³/mol. The minimum Gasteiger partial charge on any atom is -0.496 e. The molecule has 1 N–H and O–H groups in total. The average Bonchev–Trinajstić information content (AvgIpc) is 3.15. The highest BCUT2D eigenvalue weighted by Crippen LogP contribution is 2.32. The molecule has 0 aliphatic rings. The Kier molecular flexibility index (Phi) is 15.9. The summed E-state index contributed by atoms with van der Waals surface area (Å²) in [5.41, 5.74) is 5.02. The number of benzene rings is 4. The zero-order valence-corrected chi connectivity index (χ0v) is 37.7. The Morgan fingerprint density at radius 1 is 0.517 bits per heavy atom. The number of rotatable bonds is 14. The van der Waals surface area contributed by atoms with Crippen LogP contribution in [0, 0.1) is 41.5 Å². The van der Waals surface area contributed by atoms with Crippen LogP contribution < -0.4 is 18.9 Å². The van der Waals surface area contributed by atoms with Crippen LogP contribution in [0.1, 0.15) is 114 Å². The maximum atomic E-state index is 12.6. The Morgan fingerprint density at radius 3 is 1.17 bits per heavy atom. The summed E-state index contributed by atoms with van der Waals surface area (Å²) in [5.74, 6) is 1.03. The lowest BCUT2D eigenvalue weighted by molar-refractivity contribution is -0.171. The Balaban J connectivity index is 0.000000323. The highest BCUT2D eigenvalue weighted by Gasteiger charge is 2.35. The fourth-order valence-electron chi connectivity index (χ4n) is 6.08. The van der Waals surface area contributed by atoms with E-state index in [1.165, 1.54) is 19.9 Å². The van der Waals surface area contributed by atoms with Gasteiger partial charge in [0.2, 0.25) is 0 Å². The number of ether oxygens (including phenoxy) is 5. The molecule has 0 amide bonds. The number of carbonyl (C=O) groups is 4. The number of esters is 1. The van der Waals surface area contributed by atoms with Gasteiger partial charge in [-0.2, -0.15) is 0 Å². The van der Waals surface area contributed by atoms with E-state index in [4.69, 9.17) is 23.7 Å². The third-order valence-electron chi connectivity index (χ3n) is 9.30. The van der Waals surface area contributed by atoms with Crippen LogP contribution in [0.25, 0.3) is 12.2 Å². The monoisotopic (exact) mass is 820 g/mol. The molecular formula is C50H60O10. The lowest BCUT2D eigenvalue weighted by atomic mass is 10.0. The van der Waals surface area contributed by atoms with Gasteiger partial charge >= 0.3 is 11.9 Å². The van der Waals surface area contributed by atoms with E-state index in [9.17, 15) is 24.3 Å². The first-order chi connectivity index (χ1) is 27.8. The molecule has 0 fully saturated rings. The maximum Gasteiger partial charge on any atom is 0.350 e. The first kappa shape index (κ1) is 48.2. The molecule has 0 bridgehead atoms. The summed E-state index contributed by atoms with van der Waals surface area (Å²) >= 11 is 0. The molecule has 10 nitrogen and oxygen atoms in total. The van der Waals surface area contributed by atoms with Crippen LogP contribution >= 0.6 is 0 Å². The van der Waals surface area contributed by atoms with Gasteiger partial charge in [-0.25, -0.2) is 9.59 Å². The van der Waals surface area contributed by atoms with Crippen LogP contribution in [-0.2, 0) is 14.3 Å². The number of allylic oxidation sites excluding steroid dienone is 2. The van der Waals surface area contributed by atoms with E-state index in [-0.39, 0.29) is 11.6 Å². The van der Waals surface area contributed by atoms with Crippen LogP contribution in [0.15, 0.2) is 72.8 Å². The summed E-state index contributed by atoms with van der Waals surface area (Å²) < 4.78 is 27.7. The Hall–Kier alpha value is -6.16. The van der Waals surface area contributed by atoms with Crippen molar-refractivity contribution in [2.75, 3.05) is 14.2 Å². The zero-order chi connectivity index (χ0) is 45.3. The number of carbonyl (C=O) groups excluding carboxylic acids is 3. The van der Waals surface area contributed by atoms with Crippen LogP contribution in [0.4, 0.5) is 0 Å². The lowest BCUT2D eigenvalue weighted by Crippen LogP contribution is -2.43. The third kappa shape index (κ3) is 13.2. The molecule has 0 aromatic heterocycles. The van der Waals surface area contributed by atoms with Gasteiger partial charge in [0.15, 0.2) is 22.8 Å². The van der Waals surface area contributed by atoms with Gasteiger partial charge in [-0.3, -0.25) is 9.59 Å². The average molecular weight is 821 g/mol. The molecule has 0 saturated carbocycles. The molecule has 0 atom stereocenters. The van der Waals surface area contributed by atoms with Crippen molar-refractivity contribution in [2.24, 2.45) is 0 Å². The van der Waals surface area contributed by atoms with E-state index in [0.717, 1.165) is 56.0 Å². The molecule has 0 aliphatic heterocycles. The molecule has 4 aromatic carbocycles. The Morgan fingerprint density at radius 2 is 0.867 bits per heavy atom. The number of hydrogen-bond acceptors (Lipinski definition) is 9. The van der Waals surface area contributed by atoms with Crippen LogP contribution in [0.3, 0.4) is 0 Å². The lowest BCUT2D eigenvalue weighted by Gasteiger charge is -2.30. The van der Waals surface area contributed by atoms with Gasteiger partial charge in [-0.05, 0) is 207 Å². The van der Waals surface area contributed by atoms with Crippen molar-refractivity contribution in [2.45, 2.75) is 107 Å². The van der Waals surface area contributed by atoms with E-state index in [2.05, 4.69) is 0 Å². The molecule has 0 heterocycles. The summed E-state index contributed by atoms with van der Waals surface area (Å²) in [6.07, 6.45) is 6.61. The van der Waals surface area contributed by atoms with Crippen molar-refractivity contribution < 1.29 is 48.0 Å². The topological polar surface area (TPSA) is 135 Å². The Bertz CT molecular complexity index is 2250. The summed E-state index contributed by atoms with van der Waals surface area (Å²) in [5, 5.41) is 9.26. The minimum atomic E-state index is -1.32. The van der Waals surface area contributed by atoms with Gasteiger partial charge in [0.25, 0.3) is 0 Å². The normalized spacial score (nSPS) is 11.8. The van der Waals surface area contributed by atoms with Crippen molar-refractivity contribution >= 4 is 35.7 Å². The summed E-state index contributed by atoms with van der Waals surface area (Å²) in [6.45, 7) is 23.2. The quantitative estimate of drug-likeness (QED) is 0.0744. The molecule has 0 radical (unpaired) electrons. The maximum absolute atomic E-state index is 12.6. The highest BCUT2D eigenvalue weighted by atomic mass is 16.6. The van der Waals surface area contributed by atoms with Crippen molar-refractivity contribution in [1.29, 1.82) is 0 Å². The summed E-state index contributed by atoms with van der Waals surface area (Å²) in [6, 6.07) is 18.3. The molecule has 60 heavy (non-hydrogen) atoms. The number of carboxylic acids is 1. The second-order valence-electron chi connectivity index (χ2n) is 16.8. The molecule has 10 heteroatoms. The second kappa shape index (κ2) is 19.7. The third-order valence-corrected chi connectivity index (χ3v) is 9.30. The molecule has 0 spiro atoms. The molecular weight excluding hydrogens is 761 g/mol. The Labute approximate surface area is 355 Å². The predicted octanol–water partition coefficient (Wildman–Crippen LogP) is 10.8. The van der Waals surface area contributed by atoms with Crippen LogP contribution in [-0.4, -0.2) is 59.6 Å². The highest BCUT2D eigenvalue weighted by molar-refractivity contribution is 6.07. The fourth-order valence-corrected chi connectivity index (χ4v) is 6.08. The number of carboxylic acid groups (broad SMARTS) is 1. The molecule has 0 unspecified atom stereocenters. The summed E-state index contributed by atoms with van der Waals surface area (Å²) in [4.78, 5) is 48.9. The van der Waals surface area contributed by atoms with Crippen molar-refractivity contribution in [3.8, 4) is 23.0 Å².